The van der Waals surface area contributed by atoms with Crippen LogP contribution >= 0.6 is 0 Å². The first-order chi connectivity index (χ1) is 11.0. The number of hydrogen-bond donors (Lipinski definition) is 0. The monoisotopic (exact) mass is 310 g/mol. The fraction of sp³-hybridized carbons (Fsp3) is 0.200. The summed E-state index contributed by atoms with van der Waals surface area (Å²) in [5.41, 5.74) is 4.18. The van der Waals surface area contributed by atoms with E-state index in [-0.39, 0.29) is 5.92 Å². The molecule has 0 aliphatic carbocycles. The maximum absolute atomic E-state index is 12.9. The Labute approximate surface area is 135 Å². The zero-order chi connectivity index (χ0) is 16.6. The SMILES string of the molecule is C=C(F)/C=C\c1ccc2c(c1C)C(C)c1c(OC)cccc1O2. The predicted molar refractivity (Wildman–Crippen MR) is 91.0 cm³/mol. The second kappa shape index (κ2) is 5.92. The van der Waals surface area contributed by atoms with Crippen LogP contribution in [0.2, 0.25) is 0 Å². The molecule has 0 N–H and O–H groups in total. The molecule has 118 valence electrons. The van der Waals surface area contributed by atoms with Crippen molar-refractivity contribution in [2.75, 3.05) is 7.11 Å². The van der Waals surface area contributed by atoms with Crippen molar-refractivity contribution in [3.05, 3.63) is 71.1 Å². The van der Waals surface area contributed by atoms with E-state index in [1.165, 1.54) is 6.08 Å². The van der Waals surface area contributed by atoms with Gasteiger partial charge in [0.2, 0.25) is 0 Å². The van der Waals surface area contributed by atoms with E-state index in [1.807, 2.05) is 37.3 Å². The fourth-order valence-electron chi connectivity index (χ4n) is 3.19. The number of benzene rings is 2. The largest absolute Gasteiger partial charge is 0.496 e. The van der Waals surface area contributed by atoms with E-state index in [4.69, 9.17) is 9.47 Å². The molecule has 0 aromatic heterocycles. The Hall–Kier alpha value is -2.55. The smallest absolute Gasteiger partial charge is 0.134 e. The van der Waals surface area contributed by atoms with Gasteiger partial charge in [0.1, 0.15) is 23.1 Å². The standard InChI is InChI=1S/C20H19FO2/c1-12(21)8-9-15-10-11-18-19(13(15)2)14(3)20-16(22-4)6-5-7-17(20)23-18/h5-11,14H,1H2,2-4H3/b9-8-. The molecule has 23 heavy (non-hydrogen) atoms. The summed E-state index contributed by atoms with van der Waals surface area (Å²) in [6, 6.07) is 9.68. The van der Waals surface area contributed by atoms with Crippen molar-refractivity contribution >= 4 is 6.08 Å². The van der Waals surface area contributed by atoms with Crippen LogP contribution in [0.25, 0.3) is 6.08 Å². The van der Waals surface area contributed by atoms with Gasteiger partial charge in [-0.1, -0.05) is 31.7 Å². The maximum atomic E-state index is 12.9. The number of rotatable bonds is 3. The van der Waals surface area contributed by atoms with E-state index in [2.05, 4.69) is 13.5 Å². The van der Waals surface area contributed by atoms with Crippen LogP contribution in [0.1, 0.15) is 35.1 Å². The average Bonchev–Trinajstić information content (AvgIpc) is 2.53. The third kappa shape index (κ3) is 2.63. The molecular formula is C20H19FO2. The van der Waals surface area contributed by atoms with E-state index < -0.39 is 5.83 Å². The highest BCUT2D eigenvalue weighted by Crippen LogP contribution is 2.49. The molecule has 1 unspecified atom stereocenters. The summed E-state index contributed by atoms with van der Waals surface area (Å²) in [4.78, 5) is 0. The lowest BCUT2D eigenvalue weighted by atomic mass is 9.84. The van der Waals surface area contributed by atoms with Crippen molar-refractivity contribution in [1.29, 1.82) is 0 Å². The maximum Gasteiger partial charge on any atom is 0.134 e. The quantitative estimate of drug-likeness (QED) is 0.671. The molecule has 0 saturated heterocycles. The van der Waals surface area contributed by atoms with E-state index in [1.54, 1.807) is 13.2 Å². The van der Waals surface area contributed by atoms with E-state index in [0.717, 1.165) is 39.5 Å². The van der Waals surface area contributed by atoms with Gasteiger partial charge in [-0.15, -0.1) is 0 Å². The van der Waals surface area contributed by atoms with Crippen molar-refractivity contribution < 1.29 is 13.9 Å². The molecular weight excluding hydrogens is 291 g/mol. The van der Waals surface area contributed by atoms with Gasteiger partial charge in [0.25, 0.3) is 0 Å². The molecule has 3 rings (SSSR count). The molecule has 2 nitrogen and oxygen atoms in total. The molecule has 0 spiro atoms. The zero-order valence-corrected chi connectivity index (χ0v) is 13.5. The first kappa shape index (κ1) is 15.3. The molecule has 3 heteroatoms. The van der Waals surface area contributed by atoms with Gasteiger partial charge in [0.05, 0.1) is 7.11 Å². The number of halogens is 1. The Morgan fingerprint density at radius 3 is 2.65 bits per heavy atom. The van der Waals surface area contributed by atoms with Gasteiger partial charge in [0.15, 0.2) is 0 Å². The third-order valence-corrected chi connectivity index (χ3v) is 4.29. The minimum atomic E-state index is -0.460. The summed E-state index contributed by atoms with van der Waals surface area (Å²) in [6.45, 7) is 7.42. The van der Waals surface area contributed by atoms with Crippen LogP contribution < -0.4 is 9.47 Å². The summed E-state index contributed by atoms with van der Waals surface area (Å²) >= 11 is 0. The Balaban J connectivity index is 2.13. The van der Waals surface area contributed by atoms with Crippen molar-refractivity contribution in [3.63, 3.8) is 0 Å². The highest BCUT2D eigenvalue weighted by molar-refractivity contribution is 5.66. The lowest BCUT2D eigenvalue weighted by Gasteiger charge is -2.29. The molecule has 0 saturated carbocycles. The van der Waals surface area contributed by atoms with Crippen LogP contribution in [0.5, 0.6) is 17.2 Å². The van der Waals surface area contributed by atoms with Crippen molar-refractivity contribution in [3.8, 4) is 17.2 Å². The number of methoxy groups -OCH3 is 1. The van der Waals surface area contributed by atoms with Crippen LogP contribution in [-0.4, -0.2) is 7.11 Å². The van der Waals surface area contributed by atoms with E-state index >= 15 is 0 Å². The summed E-state index contributed by atoms with van der Waals surface area (Å²) in [5.74, 6) is 2.15. The molecule has 2 aromatic carbocycles. The van der Waals surface area contributed by atoms with E-state index in [9.17, 15) is 4.39 Å². The normalized spacial score (nSPS) is 15.7. The lowest BCUT2D eigenvalue weighted by Crippen LogP contribution is -2.11. The average molecular weight is 310 g/mol. The van der Waals surface area contributed by atoms with Gasteiger partial charge in [-0.05, 0) is 42.3 Å². The Bertz CT molecular complexity index is 806. The first-order valence-electron chi connectivity index (χ1n) is 7.53. The number of fused-ring (bicyclic) bond motifs is 2. The van der Waals surface area contributed by atoms with Crippen molar-refractivity contribution in [2.24, 2.45) is 0 Å². The van der Waals surface area contributed by atoms with E-state index in [0.29, 0.717) is 0 Å². The van der Waals surface area contributed by atoms with Gasteiger partial charge in [-0.3, -0.25) is 0 Å². The predicted octanol–water partition coefficient (Wildman–Crippen LogP) is 5.76. The second-order valence-electron chi connectivity index (χ2n) is 5.67. The van der Waals surface area contributed by atoms with Gasteiger partial charge >= 0.3 is 0 Å². The van der Waals surface area contributed by atoms with Crippen molar-refractivity contribution in [1.82, 2.24) is 0 Å². The van der Waals surface area contributed by atoms with Crippen LogP contribution in [0.3, 0.4) is 0 Å². The molecule has 0 fully saturated rings. The zero-order valence-electron chi connectivity index (χ0n) is 13.5. The highest BCUT2D eigenvalue weighted by Gasteiger charge is 2.29. The van der Waals surface area contributed by atoms with Crippen LogP contribution in [0.15, 0.2) is 48.8 Å². The summed E-state index contributed by atoms with van der Waals surface area (Å²) < 4.78 is 24.5. The molecule has 0 bridgehead atoms. The van der Waals surface area contributed by atoms with Crippen LogP contribution in [0.4, 0.5) is 4.39 Å². The molecule has 0 radical (unpaired) electrons. The van der Waals surface area contributed by atoms with Crippen molar-refractivity contribution in [2.45, 2.75) is 19.8 Å². The lowest BCUT2D eigenvalue weighted by molar-refractivity contribution is 0.391. The molecule has 1 aliphatic rings. The summed E-state index contributed by atoms with van der Waals surface area (Å²) in [5, 5.41) is 0. The summed E-state index contributed by atoms with van der Waals surface area (Å²) in [7, 11) is 1.66. The number of allylic oxidation sites excluding steroid dienone is 2. The molecule has 2 aromatic rings. The third-order valence-electron chi connectivity index (χ3n) is 4.29. The van der Waals surface area contributed by atoms with Gasteiger partial charge in [0, 0.05) is 17.0 Å². The Kier molecular flexibility index (Phi) is 3.95. The van der Waals surface area contributed by atoms with Gasteiger partial charge in [-0.2, -0.15) is 0 Å². The summed E-state index contributed by atoms with van der Waals surface area (Å²) in [6.07, 6.45) is 3.11. The van der Waals surface area contributed by atoms with Gasteiger partial charge < -0.3 is 9.47 Å². The second-order valence-corrected chi connectivity index (χ2v) is 5.67. The number of hydrogen-bond acceptors (Lipinski definition) is 2. The highest BCUT2D eigenvalue weighted by atomic mass is 19.1. The molecule has 1 heterocycles. The van der Waals surface area contributed by atoms with Gasteiger partial charge in [-0.25, -0.2) is 4.39 Å². The van der Waals surface area contributed by atoms with Crippen LogP contribution in [-0.2, 0) is 0 Å². The first-order valence-corrected chi connectivity index (χ1v) is 7.53. The topological polar surface area (TPSA) is 18.5 Å². The fourth-order valence-corrected chi connectivity index (χ4v) is 3.19. The molecule has 0 amide bonds. The minimum absolute atomic E-state index is 0.131. The number of ether oxygens (including phenoxy) is 2. The molecule has 1 atom stereocenters. The van der Waals surface area contributed by atoms with Crippen LogP contribution in [0, 0.1) is 6.92 Å². The Morgan fingerprint density at radius 1 is 1.22 bits per heavy atom. The Morgan fingerprint density at radius 2 is 1.96 bits per heavy atom. The minimum Gasteiger partial charge on any atom is -0.496 e. The molecule has 1 aliphatic heterocycles.